The quantitative estimate of drug-likeness (QED) is 0.739. The van der Waals surface area contributed by atoms with Crippen LogP contribution in [0.15, 0.2) is 22.7 Å². The highest BCUT2D eigenvalue weighted by atomic mass is 79.9. The smallest absolute Gasteiger partial charge is 0.405 e. The molecule has 1 rings (SSSR count). The van der Waals surface area contributed by atoms with Crippen LogP contribution in [0.2, 0.25) is 0 Å². The van der Waals surface area contributed by atoms with E-state index in [0.29, 0.717) is 23.0 Å². The van der Waals surface area contributed by atoms with Gasteiger partial charge in [0.1, 0.15) is 5.75 Å². The fourth-order valence-electron chi connectivity index (χ4n) is 1.69. The SMILES string of the molecule is Cl.NCCCC[C@@H](N)c1cc(Br)ccc1OC(F)(F)F. The van der Waals surface area contributed by atoms with Crippen molar-refractivity contribution in [2.75, 3.05) is 6.54 Å². The first-order chi connectivity index (χ1) is 8.83. The molecule has 1 aromatic rings. The van der Waals surface area contributed by atoms with Crippen molar-refractivity contribution in [1.82, 2.24) is 0 Å². The maximum atomic E-state index is 12.3. The summed E-state index contributed by atoms with van der Waals surface area (Å²) in [5.41, 5.74) is 11.6. The van der Waals surface area contributed by atoms with Gasteiger partial charge in [0.15, 0.2) is 0 Å². The average molecular weight is 378 g/mol. The molecule has 0 aliphatic rings. The largest absolute Gasteiger partial charge is 0.573 e. The fourth-order valence-corrected chi connectivity index (χ4v) is 2.07. The molecule has 0 unspecified atom stereocenters. The van der Waals surface area contributed by atoms with Gasteiger partial charge in [-0.25, -0.2) is 0 Å². The van der Waals surface area contributed by atoms with Crippen LogP contribution >= 0.6 is 28.3 Å². The van der Waals surface area contributed by atoms with Crippen LogP contribution in [0.4, 0.5) is 13.2 Å². The van der Waals surface area contributed by atoms with Crippen LogP contribution in [0, 0.1) is 0 Å². The Morgan fingerprint density at radius 1 is 1.25 bits per heavy atom. The lowest BCUT2D eigenvalue weighted by Gasteiger charge is -2.18. The topological polar surface area (TPSA) is 61.3 Å². The first-order valence-electron chi connectivity index (χ1n) is 5.84. The summed E-state index contributed by atoms with van der Waals surface area (Å²) in [5.74, 6) is -0.254. The van der Waals surface area contributed by atoms with E-state index in [-0.39, 0.29) is 18.2 Å². The van der Waals surface area contributed by atoms with E-state index in [9.17, 15) is 13.2 Å². The van der Waals surface area contributed by atoms with E-state index in [1.807, 2.05) is 0 Å². The van der Waals surface area contributed by atoms with Crippen molar-refractivity contribution in [3.05, 3.63) is 28.2 Å². The number of halogens is 5. The predicted molar refractivity (Wildman–Crippen MR) is 77.9 cm³/mol. The third-order valence-corrected chi connectivity index (χ3v) is 3.06. The summed E-state index contributed by atoms with van der Waals surface area (Å²) in [5, 5.41) is 0. The number of hydrogen-bond donors (Lipinski definition) is 2. The molecule has 116 valence electrons. The number of hydrogen-bond acceptors (Lipinski definition) is 3. The minimum atomic E-state index is -4.72. The first-order valence-corrected chi connectivity index (χ1v) is 6.63. The van der Waals surface area contributed by atoms with Gasteiger partial charge in [-0.2, -0.15) is 0 Å². The Balaban J connectivity index is 0.00000361. The molecular formula is C12H17BrClF3N2O. The van der Waals surface area contributed by atoms with Crippen molar-refractivity contribution in [1.29, 1.82) is 0 Å². The molecule has 0 aromatic heterocycles. The minimum Gasteiger partial charge on any atom is -0.405 e. The average Bonchev–Trinajstić information content (AvgIpc) is 2.30. The molecule has 0 saturated heterocycles. The predicted octanol–water partition coefficient (Wildman–Crippen LogP) is 3.90. The molecule has 0 aliphatic heterocycles. The maximum Gasteiger partial charge on any atom is 0.573 e. The normalized spacial score (nSPS) is 12.7. The highest BCUT2D eigenvalue weighted by Crippen LogP contribution is 2.33. The molecule has 8 heteroatoms. The Kier molecular flexibility index (Phi) is 8.50. The Morgan fingerprint density at radius 3 is 2.45 bits per heavy atom. The molecule has 0 radical (unpaired) electrons. The zero-order valence-electron chi connectivity index (χ0n) is 10.6. The van der Waals surface area contributed by atoms with Crippen LogP contribution in [-0.2, 0) is 0 Å². The molecule has 3 nitrogen and oxygen atoms in total. The summed E-state index contributed by atoms with van der Waals surface area (Å²) in [6.07, 6.45) is -2.62. The fraction of sp³-hybridized carbons (Fsp3) is 0.500. The van der Waals surface area contributed by atoms with E-state index >= 15 is 0 Å². The second-order valence-corrected chi connectivity index (χ2v) is 5.04. The third kappa shape index (κ3) is 6.78. The van der Waals surface area contributed by atoms with Gasteiger partial charge in [0.25, 0.3) is 0 Å². The van der Waals surface area contributed by atoms with Crippen LogP contribution in [0.1, 0.15) is 30.9 Å². The Bertz CT molecular complexity index is 418. The van der Waals surface area contributed by atoms with Crippen molar-refractivity contribution in [3.63, 3.8) is 0 Å². The first kappa shape index (κ1) is 19.5. The van der Waals surface area contributed by atoms with Crippen molar-refractivity contribution in [2.45, 2.75) is 31.7 Å². The van der Waals surface area contributed by atoms with E-state index in [1.165, 1.54) is 12.1 Å². The lowest BCUT2D eigenvalue weighted by molar-refractivity contribution is -0.275. The molecule has 0 amide bonds. The van der Waals surface area contributed by atoms with Crippen LogP contribution in [0.5, 0.6) is 5.75 Å². The molecule has 4 N–H and O–H groups in total. The number of rotatable bonds is 6. The number of ether oxygens (including phenoxy) is 1. The van der Waals surface area contributed by atoms with Gasteiger partial charge in [-0.15, -0.1) is 25.6 Å². The van der Waals surface area contributed by atoms with Gasteiger partial charge in [0.05, 0.1) is 0 Å². The number of alkyl halides is 3. The van der Waals surface area contributed by atoms with Gasteiger partial charge < -0.3 is 16.2 Å². The van der Waals surface area contributed by atoms with Gasteiger partial charge in [-0.1, -0.05) is 22.4 Å². The van der Waals surface area contributed by atoms with Gasteiger partial charge in [0.2, 0.25) is 0 Å². The van der Waals surface area contributed by atoms with E-state index in [4.69, 9.17) is 11.5 Å². The van der Waals surface area contributed by atoms with Crippen LogP contribution in [-0.4, -0.2) is 12.9 Å². The Labute approximate surface area is 130 Å². The minimum absolute atomic E-state index is 0. The molecule has 1 atom stereocenters. The summed E-state index contributed by atoms with van der Waals surface area (Å²) in [7, 11) is 0. The molecule has 0 bridgehead atoms. The maximum absolute atomic E-state index is 12.3. The molecule has 0 saturated carbocycles. The lowest BCUT2D eigenvalue weighted by atomic mass is 10.0. The lowest BCUT2D eigenvalue weighted by Crippen LogP contribution is -2.20. The summed E-state index contributed by atoms with van der Waals surface area (Å²) in [4.78, 5) is 0. The standard InChI is InChI=1S/C12H16BrF3N2O.ClH/c13-8-4-5-11(19-12(14,15)16)9(7-8)10(18)3-1-2-6-17;/h4-5,7,10H,1-3,6,17-18H2;1H/t10-;/m1./s1. The molecule has 0 spiro atoms. The summed E-state index contributed by atoms with van der Waals surface area (Å²) in [6, 6.07) is 3.78. The van der Waals surface area contributed by atoms with Gasteiger partial charge in [-0.3, -0.25) is 0 Å². The summed E-state index contributed by atoms with van der Waals surface area (Å²) >= 11 is 3.21. The van der Waals surface area contributed by atoms with Crippen LogP contribution < -0.4 is 16.2 Å². The van der Waals surface area contributed by atoms with Crippen LogP contribution in [0.25, 0.3) is 0 Å². The molecule has 0 aliphatic carbocycles. The highest BCUT2D eigenvalue weighted by molar-refractivity contribution is 9.10. The van der Waals surface area contributed by atoms with Crippen molar-refractivity contribution >= 4 is 28.3 Å². The van der Waals surface area contributed by atoms with Crippen molar-refractivity contribution in [3.8, 4) is 5.75 Å². The van der Waals surface area contributed by atoms with E-state index < -0.39 is 12.4 Å². The van der Waals surface area contributed by atoms with E-state index in [0.717, 1.165) is 12.8 Å². The second kappa shape index (κ2) is 8.71. The molecule has 0 heterocycles. The highest BCUT2D eigenvalue weighted by Gasteiger charge is 2.32. The molecule has 20 heavy (non-hydrogen) atoms. The van der Waals surface area contributed by atoms with Gasteiger partial charge in [0, 0.05) is 16.1 Å². The summed E-state index contributed by atoms with van der Waals surface area (Å²) < 4.78 is 41.6. The number of benzene rings is 1. The van der Waals surface area contributed by atoms with Crippen LogP contribution in [0.3, 0.4) is 0 Å². The van der Waals surface area contributed by atoms with Crippen molar-refractivity contribution < 1.29 is 17.9 Å². The molecular weight excluding hydrogens is 360 g/mol. The Hall–Kier alpha value is -0.500. The third-order valence-electron chi connectivity index (χ3n) is 2.57. The zero-order valence-corrected chi connectivity index (χ0v) is 13.0. The Morgan fingerprint density at radius 2 is 1.90 bits per heavy atom. The van der Waals surface area contributed by atoms with Gasteiger partial charge >= 0.3 is 6.36 Å². The second-order valence-electron chi connectivity index (χ2n) is 4.12. The molecule has 0 fully saturated rings. The van der Waals surface area contributed by atoms with E-state index in [1.54, 1.807) is 6.07 Å². The summed E-state index contributed by atoms with van der Waals surface area (Å²) in [6.45, 7) is 0.539. The monoisotopic (exact) mass is 376 g/mol. The van der Waals surface area contributed by atoms with Gasteiger partial charge in [-0.05, 0) is 37.6 Å². The number of unbranched alkanes of at least 4 members (excludes halogenated alkanes) is 1. The molecule has 1 aromatic carbocycles. The number of nitrogens with two attached hydrogens (primary N) is 2. The van der Waals surface area contributed by atoms with Crippen molar-refractivity contribution in [2.24, 2.45) is 11.5 Å². The zero-order chi connectivity index (χ0) is 14.5. The van der Waals surface area contributed by atoms with E-state index in [2.05, 4.69) is 20.7 Å².